The second kappa shape index (κ2) is 13.0. The molecule has 0 saturated heterocycles. The van der Waals surface area contributed by atoms with Gasteiger partial charge in [0.05, 0.1) is 15.9 Å². The molecule has 5 heteroatoms. The first kappa shape index (κ1) is 31.8. The molecule has 0 radical (unpaired) electrons. The molecule has 3 nitrogen and oxygen atoms in total. The van der Waals surface area contributed by atoms with Crippen molar-refractivity contribution in [1.29, 1.82) is 0 Å². The number of para-hydroxylation sites is 1. The van der Waals surface area contributed by atoms with Gasteiger partial charge in [0.15, 0.2) is 5.82 Å². The highest BCUT2D eigenvalue weighted by molar-refractivity contribution is 7.26. The number of anilines is 3. The fourth-order valence-electron chi connectivity index (χ4n) is 7.93. The lowest BCUT2D eigenvalue weighted by molar-refractivity contribution is 1.25. The number of hydrogen-bond acceptors (Lipinski definition) is 5. The molecule has 11 rings (SSSR count). The molecule has 0 N–H and O–H groups in total. The first-order valence-corrected chi connectivity index (χ1v) is 20.0. The van der Waals surface area contributed by atoms with Crippen molar-refractivity contribution in [3.63, 3.8) is 0 Å². The van der Waals surface area contributed by atoms with E-state index in [0.717, 1.165) is 49.9 Å². The molecule has 8 aromatic carbocycles. The van der Waals surface area contributed by atoms with Gasteiger partial charge < -0.3 is 4.90 Å². The van der Waals surface area contributed by atoms with Gasteiger partial charge in [-0.25, -0.2) is 9.97 Å². The molecule has 3 heterocycles. The van der Waals surface area contributed by atoms with Crippen LogP contribution in [0.25, 0.3) is 85.0 Å². The van der Waals surface area contributed by atoms with Gasteiger partial charge in [0, 0.05) is 58.4 Å². The van der Waals surface area contributed by atoms with E-state index in [0.29, 0.717) is 0 Å². The van der Waals surface area contributed by atoms with Crippen LogP contribution in [0.4, 0.5) is 17.1 Å². The van der Waals surface area contributed by atoms with Crippen molar-refractivity contribution in [2.24, 2.45) is 0 Å². The van der Waals surface area contributed by atoms with Gasteiger partial charge in [0.1, 0.15) is 0 Å². The molecule has 0 spiro atoms. The van der Waals surface area contributed by atoms with Crippen LogP contribution in [0.1, 0.15) is 0 Å². The Labute approximate surface area is 326 Å². The van der Waals surface area contributed by atoms with Crippen molar-refractivity contribution in [1.82, 2.24) is 9.97 Å². The number of rotatable bonds is 6. The standard InChI is InChI=1S/C50H31N3S2/c1-3-14-34(15-4-1)47-49-48(41-20-9-10-23-43(41)55-49)52-50(51-47)42-22-12-24-44-46(42)40-30-29-37(31-45(40)54-44)53(35-17-5-2-6-18-35)36-27-25-33(26-28-36)39-21-11-16-32-13-7-8-19-38(32)39/h1-31H. The van der Waals surface area contributed by atoms with E-state index in [1.165, 1.54) is 52.2 Å². The minimum absolute atomic E-state index is 0.751. The Morgan fingerprint density at radius 2 is 1.05 bits per heavy atom. The second-order valence-corrected chi connectivity index (χ2v) is 15.9. The summed E-state index contributed by atoms with van der Waals surface area (Å²) in [6.45, 7) is 0. The average molecular weight is 738 g/mol. The minimum Gasteiger partial charge on any atom is -0.310 e. The topological polar surface area (TPSA) is 29.0 Å². The summed E-state index contributed by atoms with van der Waals surface area (Å²) >= 11 is 3.59. The fourth-order valence-corrected chi connectivity index (χ4v) is 10.3. The number of hydrogen-bond donors (Lipinski definition) is 0. The van der Waals surface area contributed by atoms with Gasteiger partial charge in [-0.1, -0.05) is 140 Å². The van der Waals surface area contributed by atoms with Gasteiger partial charge in [-0.15, -0.1) is 22.7 Å². The highest BCUT2D eigenvalue weighted by atomic mass is 32.1. The molecule has 11 aromatic rings. The number of aromatic nitrogens is 2. The quantitative estimate of drug-likeness (QED) is 0.170. The molecule has 3 aromatic heterocycles. The molecule has 0 saturated carbocycles. The Balaban J connectivity index is 1.05. The van der Waals surface area contributed by atoms with E-state index in [1.807, 2.05) is 11.3 Å². The molecule has 55 heavy (non-hydrogen) atoms. The maximum atomic E-state index is 5.34. The number of nitrogens with zero attached hydrogens (tertiary/aromatic N) is 3. The Morgan fingerprint density at radius 3 is 1.91 bits per heavy atom. The van der Waals surface area contributed by atoms with Crippen LogP contribution in [-0.4, -0.2) is 9.97 Å². The average Bonchev–Trinajstić information content (AvgIpc) is 3.82. The summed E-state index contributed by atoms with van der Waals surface area (Å²) < 4.78 is 4.78. The summed E-state index contributed by atoms with van der Waals surface area (Å²) in [5.41, 5.74) is 9.90. The van der Waals surface area contributed by atoms with Crippen molar-refractivity contribution in [2.75, 3.05) is 4.90 Å². The van der Waals surface area contributed by atoms with Crippen LogP contribution in [-0.2, 0) is 0 Å². The second-order valence-electron chi connectivity index (χ2n) is 13.7. The first-order valence-electron chi connectivity index (χ1n) is 18.4. The van der Waals surface area contributed by atoms with Crippen LogP contribution in [0.15, 0.2) is 188 Å². The molecule has 0 bridgehead atoms. The summed E-state index contributed by atoms with van der Waals surface area (Å²) in [6, 6.07) is 67.2. The fraction of sp³-hybridized carbons (Fsp3) is 0. The van der Waals surface area contributed by atoms with Crippen molar-refractivity contribution < 1.29 is 0 Å². The zero-order valence-corrected chi connectivity index (χ0v) is 31.2. The molecule has 0 aliphatic rings. The maximum absolute atomic E-state index is 5.34. The molecule has 0 aliphatic heterocycles. The van der Waals surface area contributed by atoms with Crippen molar-refractivity contribution in [2.45, 2.75) is 0 Å². The van der Waals surface area contributed by atoms with Crippen molar-refractivity contribution in [3.05, 3.63) is 188 Å². The van der Waals surface area contributed by atoms with E-state index in [2.05, 4.69) is 193 Å². The molecule has 0 fully saturated rings. The Bertz CT molecular complexity index is 3200. The van der Waals surface area contributed by atoms with E-state index in [1.54, 1.807) is 11.3 Å². The normalized spacial score (nSPS) is 11.6. The third-order valence-corrected chi connectivity index (χ3v) is 12.8. The largest absolute Gasteiger partial charge is 0.310 e. The van der Waals surface area contributed by atoms with E-state index in [4.69, 9.17) is 9.97 Å². The molecule has 0 aliphatic carbocycles. The van der Waals surface area contributed by atoms with Crippen LogP contribution in [0.3, 0.4) is 0 Å². The highest BCUT2D eigenvalue weighted by Gasteiger charge is 2.20. The maximum Gasteiger partial charge on any atom is 0.161 e. The summed E-state index contributed by atoms with van der Waals surface area (Å²) in [5.74, 6) is 0.751. The van der Waals surface area contributed by atoms with Crippen LogP contribution in [0, 0.1) is 0 Å². The monoisotopic (exact) mass is 737 g/mol. The molecule has 0 amide bonds. The molecular formula is C50H31N3S2. The van der Waals surface area contributed by atoms with Gasteiger partial charge in [-0.05, 0) is 70.4 Å². The molecule has 0 atom stereocenters. The number of benzene rings is 8. The van der Waals surface area contributed by atoms with Gasteiger partial charge in [-0.2, -0.15) is 0 Å². The summed E-state index contributed by atoms with van der Waals surface area (Å²) in [5, 5.41) is 6.08. The van der Waals surface area contributed by atoms with Crippen molar-refractivity contribution in [3.8, 4) is 33.8 Å². The van der Waals surface area contributed by atoms with Crippen molar-refractivity contribution >= 4 is 91.0 Å². The van der Waals surface area contributed by atoms with Crippen LogP contribution >= 0.6 is 22.7 Å². The predicted molar refractivity (Wildman–Crippen MR) is 236 cm³/mol. The van der Waals surface area contributed by atoms with E-state index >= 15 is 0 Å². The zero-order chi connectivity index (χ0) is 36.3. The van der Waals surface area contributed by atoms with Crippen LogP contribution in [0.5, 0.6) is 0 Å². The van der Waals surface area contributed by atoms with E-state index in [9.17, 15) is 0 Å². The zero-order valence-electron chi connectivity index (χ0n) is 29.6. The van der Waals surface area contributed by atoms with Gasteiger partial charge in [0.25, 0.3) is 0 Å². The molecule has 258 valence electrons. The van der Waals surface area contributed by atoms with Crippen LogP contribution in [0.2, 0.25) is 0 Å². The lowest BCUT2D eigenvalue weighted by Crippen LogP contribution is -2.09. The van der Waals surface area contributed by atoms with E-state index in [-0.39, 0.29) is 0 Å². The van der Waals surface area contributed by atoms with Crippen LogP contribution < -0.4 is 4.90 Å². The molecular weight excluding hydrogens is 707 g/mol. The number of fused-ring (bicyclic) bond motifs is 7. The Hall–Kier alpha value is -6.66. The summed E-state index contributed by atoms with van der Waals surface area (Å²) in [7, 11) is 0. The molecule has 0 unspecified atom stereocenters. The lowest BCUT2D eigenvalue weighted by atomic mass is 9.98. The summed E-state index contributed by atoms with van der Waals surface area (Å²) in [4.78, 5) is 13.0. The van der Waals surface area contributed by atoms with Gasteiger partial charge in [-0.3, -0.25) is 0 Å². The smallest absolute Gasteiger partial charge is 0.161 e. The Morgan fingerprint density at radius 1 is 0.400 bits per heavy atom. The van der Waals surface area contributed by atoms with E-state index < -0.39 is 0 Å². The van der Waals surface area contributed by atoms with Gasteiger partial charge >= 0.3 is 0 Å². The highest BCUT2D eigenvalue weighted by Crippen LogP contribution is 2.45. The predicted octanol–water partition coefficient (Wildman–Crippen LogP) is 14.8. The third-order valence-electron chi connectivity index (χ3n) is 10.5. The van der Waals surface area contributed by atoms with Gasteiger partial charge in [0.2, 0.25) is 0 Å². The Kier molecular flexibility index (Phi) is 7.54. The SMILES string of the molecule is c1ccc(-c2nc(-c3cccc4sc5cc(N(c6ccccc6)c6ccc(-c7cccc8ccccc78)cc6)ccc5c34)nc3c2sc2ccccc23)cc1. The first-order chi connectivity index (χ1) is 27.3. The number of thiophene rings is 2. The minimum atomic E-state index is 0.751. The third kappa shape index (κ3) is 5.39. The lowest BCUT2D eigenvalue weighted by Gasteiger charge is -2.26. The summed E-state index contributed by atoms with van der Waals surface area (Å²) in [6.07, 6.45) is 0.